The number of nitrogens with zero attached hydrogens (tertiary/aromatic N) is 2. The first-order valence-corrected chi connectivity index (χ1v) is 8.17. The van der Waals surface area contributed by atoms with E-state index in [9.17, 15) is 9.90 Å². The van der Waals surface area contributed by atoms with Gasteiger partial charge in [0.1, 0.15) is 11.6 Å². The van der Waals surface area contributed by atoms with Gasteiger partial charge in [-0.25, -0.2) is 10.4 Å². The van der Waals surface area contributed by atoms with Crippen LogP contribution in [0.1, 0.15) is 11.4 Å². The minimum Gasteiger partial charge on any atom is -0.507 e. The van der Waals surface area contributed by atoms with Gasteiger partial charge >= 0.3 is 0 Å². The standard InChI is InChI=1S/C20H16N4O2.ClH/c25-19(11-18-22-16-7-3-4-8-17(16)23-18)24-21-12-14-10-9-13-5-1-2-6-15(13)20(14)26;/h1-10,12,26H,11H2,(H,22,23)(H,24,25);1H. The number of phenolic OH excluding ortho intramolecular Hbond substituents is 1. The van der Waals surface area contributed by atoms with Crippen LogP contribution >= 0.6 is 12.4 Å². The van der Waals surface area contributed by atoms with Gasteiger partial charge in [0, 0.05) is 10.9 Å². The van der Waals surface area contributed by atoms with Crippen LogP contribution in [0.2, 0.25) is 0 Å². The van der Waals surface area contributed by atoms with E-state index in [1.54, 1.807) is 6.07 Å². The quantitative estimate of drug-likeness (QED) is 0.373. The van der Waals surface area contributed by atoms with E-state index in [0.29, 0.717) is 11.4 Å². The molecular formula is C20H17ClN4O2. The monoisotopic (exact) mass is 380 g/mol. The average Bonchev–Trinajstić information content (AvgIpc) is 3.06. The van der Waals surface area contributed by atoms with Gasteiger partial charge in [0.15, 0.2) is 0 Å². The first-order chi connectivity index (χ1) is 12.7. The summed E-state index contributed by atoms with van der Waals surface area (Å²) >= 11 is 0. The van der Waals surface area contributed by atoms with E-state index in [1.807, 2.05) is 54.6 Å². The molecule has 0 aliphatic rings. The minimum atomic E-state index is -0.291. The normalized spacial score (nSPS) is 11.0. The lowest BCUT2D eigenvalue weighted by atomic mass is 10.1. The molecule has 3 aromatic carbocycles. The van der Waals surface area contributed by atoms with Crippen LogP contribution < -0.4 is 5.43 Å². The number of aromatic nitrogens is 2. The molecule has 0 spiro atoms. The summed E-state index contributed by atoms with van der Waals surface area (Å²) in [6.07, 6.45) is 1.52. The molecule has 1 heterocycles. The second-order valence-electron chi connectivity index (χ2n) is 5.90. The van der Waals surface area contributed by atoms with E-state index < -0.39 is 0 Å². The lowest BCUT2D eigenvalue weighted by molar-refractivity contribution is -0.120. The van der Waals surface area contributed by atoms with E-state index in [-0.39, 0.29) is 30.5 Å². The van der Waals surface area contributed by atoms with Crippen molar-refractivity contribution in [3.05, 3.63) is 72.1 Å². The van der Waals surface area contributed by atoms with Gasteiger partial charge in [0.2, 0.25) is 5.91 Å². The summed E-state index contributed by atoms with van der Waals surface area (Å²) in [6.45, 7) is 0. The number of H-pyrrole nitrogens is 1. The van der Waals surface area contributed by atoms with Crippen molar-refractivity contribution in [1.82, 2.24) is 15.4 Å². The molecule has 0 fully saturated rings. The Bertz CT molecular complexity index is 1100. The van der Waals surface area contributed by atoms with Gasteiger partial charge in [0.25, 0.3) is 0 Å². The molecule has 27 heavy (non-hydrogen) atoms. The van der Waals surface area contributed by atoms with E-state index >= 15 is 0 Å². The van der Waals surface area contributed by atoms with Crippen molar-refractivity contribution in [3.63, 3.8) is 0 Å². The maximum absolute atomic E-state index is 12.0. The Morgan fingerprint density at radius 3 is 2.74 bits per heavy atom. The lowest BCUT2D eigenvalue weighted by Crippen LogP contribution is -2.20. The topological polar surface area (TPSA) is 90.4 Å². The first kappa shape index (κ1) is 18.4. The second kappa shape index (κ2) is 7.88. The third-order valence-electron chi connectivity index (χ3n) is 4.09. The highest BCUT2D eigenvalue weighted by Crippen LogP contribution is 2.27. The largest absolute Gasteiger partial charge is 0.507 e. The molecule has 4 aromatic rings. The predicted molar refractivity (Wildman–Crippen MR) is 108 cm³/mol. The van der Waals surface area contributed by atoms with Crippen molar-refractivity contribution in [2.75, 3.05) is 0 Å². The van der Waals surface area contributed by atoms with Crippen molar-refractivity contribution in [2.45, 2.75) is 6.42 Å². The van der Waals surface area contributed by atoms with Crippen LogP contribution in [-0.4, -0.2) is 27.2 Å². The maximum atomic E-state index is 12.0. The number of aromatic hydroxyl groups is 1. The van der Waals surface area contributed by atoms with Gasteiger partial charge in [-0.05, 0) is 23.6 Å². The number of carbonyl (C=O) groups is 1. The number of imidazole rings is 1. The number of hydrazone groups is 1. The number of nitrogens with one attached hydrogen (secondary N) is 2. The molecular weight excluding hydrogens is 364 g/mol. The smallest absolute Gasteiger partial charge is 0.247 e. The third kappa shape index (κ3) is 3.91. The molecule has 0 aliphatic carbocycles. The van der Waals surface area contributed by atoms with E-state index in [2.05, 4.69) is 20.5 Å². The fraction of sp³-hybridized carbons (Fsp3) is 0.0500. The van der Waals surface area contributed by atoms with Crippen molar-refractivity contribution >= 4 is 46.3 Å². The summed E-state index contributed by atoms with van der Waals surface area (Å²) in [4.78, 5) is 19.5. The summed E-state index contributed by atoms with van der Waals surface area (Å²) in [5, 5.41) is 15.9. The van der Waals surface area contributed by atoms with E-state index in [0.717, 1.165) is 21.8 Å². The van der Waals surface area contributed by atoms with Crippen molar-refractivity contribution in [2.24, 2.45) is 5.10 Å². The number of amides is 1. The summed E-state index contributed by atoms with van der Waals surface area (Å²) in [6, 6.07) is 18.8. The van der Waals surface area contributed by atoms with Crippen LogP contribution in [0.3, 0.4) is 0 Å². The number of aromatic amines is 1. The van der Waals surface area contributed by atoms with E-state index in [1.165, 1.54) is 6.21 Å². The van der Waals surface area contributed by atoms with Crippen molar-refractivity contribution < 1.29 is 9.90 Å². The molecule has 1 aromatic heterocycles. The molecule has 0 bridgehead atoms. The summed E-state index contributed by atoms with van der Waals surface area (Å²) in [5.74, 6) is 0.423. The zero-order valence-corrected chi connectivity index (χ0v) is 15.0. The molecule has 0 unspecified atom stereocenters. The Hall–Kier alpha value is -3.38. The van der Waals surface area contributed by atoms with Crippen LogP contribution in [0.5, 0.6) is 5.75 Å². The number of hydrogen-bond acceptors (Lipinski definition) is 4. The number of phenols is 1. The van der Waals surface area contributed by atoms with Crippen LogP contribution in [0.25, 0.3) is 21.8 Å². The molecule has 0 aliphatic heterocycles. The third-order valence-corrected chi connectivity index (χ3v) is 4.09. The van der Waals surface area contributed by atoms with Gasteiger partial charge in [-0.2, -0.15) is 5.10 Å². The van der Waals surface area contributed by atoms with Gasteiger partial charge < -0.3 is 10.1 Å². The number of para-hydroxylation sites is 2. The highest BCUT2D eigenvalue weighted by molar-refractivity contribution is 5.97. The molecule has 0 atom stereocenters. The highest BCUT2D eigenvalue weighted by atomic mass is 35.5. The van der Waals surface area contributed by atoms with Gasteiger partial charge in [-0.1, -0.05) is 42.5 Å². The Labute approximate surface area is 161 Å². The van der Waals surface area contributed by atoms with Crippen LogP contribution in [0.4, 0.5) is 0 Å². The van der Waals surface area contributed by atoms with Crippen LogP contribution in [0.15, 0.2) is 65.8 Å². The lowest BCUT2D eigenvalue weighted by Gasteiger charge is -2.04. The SMILES string of the molecule is Cl.O=C(Cc1nc2ccccc2[nH]1)NN=Cc1ccc2ccccc2c1O. The number of halogens is 1. The highest BCUT2D eigenvalue weighted by Gasteiger charge is 2.08. The zero-order chi connectivity index (χ0) is 17.9. The number of rotatable bonds is 4. The molecule has 0 radical (unpaired) electrons. The summed E-state index contributed by atoms with van der Waals surface area (Å²) < 4.78 is 0. The predicted octanol–water partition coefficient (Wildman–Crippen LogP) is 3.54. The number of benzene rings is 3. The summed E-state index contributed by atoms with van der Waals surface area (Å²) in [5.41, 5.74) is 4.70. The molecule has 136 valence electrons. The Balaban J connectivity index is 0.00000210. The minimum absolute atomic E-state index is 0. The Kier molecular flexibility index (Phi) is 5.38. The average molecular weight is 381 g/mol. The molecule has 4 rings (SSSR count). The van der Waals surface area contributed by atoms with Gasteiger partial charge in [-0.15, -0.1) is 12.4 Å². The fourth-order valence-corrected chi connectivity index (χ4v) is 2.83. The summed E-state index contributed by atoms with van der Waals surface area (Å²) in [7, 11) is 0. The van der Waals surface area contributed by atoms with E-state index in [4.69, 9.17) is 0 Å². The maximum Gasteiger partial charge on any atom is 0.247 e. The fourth-order valence-electron chi connectivity index (χ4n) is 2.83. The number of fused-ring (bicyclic) bond motifs is 2. The number of carbonyl (C=O) groups excluding carboxylic acids is 1. The van der Waals surface area contributed by atoms with Crippen molar-refractivity contribution in [3.8, 4) is 5.75 Å². The Morgan fingerprint density at radius 1 is 1.11 bits per heavy atom. The van der Waals surface area contributed by atoms with Crippen LogP contribution in [0, 0.1) is 0 Å². The van der Waals surface area contributed by atoms with Crippen LogP contribution in [-0.2, 0) is 11.2 Å². The first-order valence-electron chi connectivity index (χ1n) is 8.17. The van der Waals surface area contributed by atoms with Gasteiger partial charge in [0.05, 0.1) is 23.7 Å². The molecule has 0 saturated heterocycles. The Morgan fingerprint density at radius 2 is 1.89 bits per heavy atom. The molecule has 7 heteroatoms. The molecule has 0 saturated carbocycles. The van der Waals surface area contributed by atoms with Gasteiger partial charge in [-0.3, -0.25) is 4.79 Å². The molecule has 6 nitrogen and oxygen atoms in total. The second-order valence-corrected chi connectivity index (χ2v) is 5.90. The number of hydrogen-bond donors (Lipinski definition) is 3. The molecule has 3 N–H and O–H groups in total. The van der Waals surface area contributed by atoms with Crippen molar-refractivity contribution in [1.29, 1.82) is 0 Å². The molecule has 1 amide bonds. The zero-order valence-electron chi connectivity index (χ0n) is 14.2.